The topological polar surface area (TPSA) is 146 Å². The number of ether oxygens (including phenoxy) is 1. The van der Waals surface area contributed by atoms with E-state index in [4.69, 9.17) is 10.5 Å². The van der Waals surface area contributed by atoms with Crippen molar-refractivity contribution >= 4 is 17.9 Å². The van der Waals surface area contributed by atoms with E-state index in [0.29, 0.717) is 16.9 Å². The Hall–Kier alpha value is -4.61. The second-order valence-corrected chi connectivity index (χ2v) is 6.16. The van der Waals surface area contributed by atoms with Gasteiger partial charge in [0.1, 0.15) is 17.3 Å². The Kier molecular flexibility index (Phi) is 5.34. The fourth-order valence-electron chi connectivity index (χ4n) is 2.76. The van der Waals surface area contributed by atoms with Gasteiger partial charge in [0, 0.05) is 5.56 Å². The molecule has 2 heterocycles. The number of anilines is 1. The maximum Gasteiger partial charge on any atom is 0.294 e. The van der Waals surface area contributed by atoms with Crippen LogP contribution in [0.1, 0.15) is 16.1 Å². The van der Waals surface area contributed by atoms with Crippen molar-refractivity contribution in [2.75, 3.05) is 12.8 Å². The molecule has 4 aromatic rings. The predicted octanol–water partition coefficient (Wildman–Crippen LogP) is 1.81. The highest BCUT2D eigenvalue weighted by Crippen LogP contribution is 2.28. The van der Waals surface area contributed by atoms with Gasteiger partial charge in [0.2, 0.25) is 11.6 Å². The number of carbonyl (C=O) groups excluding carboxylic acids is 1. The number of benzene rings is 2. The third kappa shape index (κ3) is 4.07. The largest absolute Gasteiger partial charge is 0.497 e. The molecular weight excluding hydrogens is 407 g/mol. The first-order valence-corrected chi connectivity index (χ1v) is 8.84. The Bertz CT molecular complexity index is 1270. The van der Waals surface area contributed by atoms with Crippen LogP contribution in [0.15, 0.2) is 58.3 Å². The number of methoxy groups -OCH3 is 1. The summed E-state index contributed by atoms with van der Waals surface area (Å²) in [6.07, 6.45) is 1.30. The molecule has 156 valence electrons. The predicted molar refractivity (Wildman–Crippen MR) is 107 cm³/mol. The van der Waals surface area contributed by atoms with Crippen LogP contribution in [0, 0.1) is 5.82 Å². The van der Waals surface area contributed by atoms with Gasteiger partial charge in [0.15, 0.2) is 5.69 Å². The van der Waals surface area contributed by atoms with Crippen LogP contribution >= 0.6 is 0 Å². The average molecular weight is 422 g/mol. The summed E-state index contributed by atoms with van der Waals surface area (Å²) in [6, 6.07) is 12.6. The van der Waals surface area contributed by atoms with Crippen LogP contribution < -0.4 is 15.9 Å². The lowest BCUT2D eigenvalue weighted by molar-refractivity contribution is 0.0950. The number of hydrogen-bond acceptors (Lipinski definition) is 9. The van der Waals surface area contributed by atoms with E-state index in [1.54, 1.807) is 30.3 Å². The minimum Gasteiger partial charge on any atom is -0.497 e. The van der Waals surface area contributed by atoms with Gasteiger partial charge in [-0.3, -0.25) is 4.79 Å². The van der Waals surface area contributed by atoms with E-state index in [1.165, 1.54) is 36.2 Å². The van der Waals surface area contributed by atoms with Crippen LogP contribution in [-0.4, -0.2) is 44.5 Å². The van der Waals surface area contributed by atoms with Crippen molar-refractivity contribution in [2.24, 2.45) is 5.10 Å². The Labute approximate surface area is 174 Å². The molecule has 0 unspecified atom stereocenters. The number of amides is 1. The normalized spacial score (nSPS) is 11.0. The van der Waals surface area contributed by atoms with Crippen molar-refractivity contribution in [1.29, 1.82) is 0 Å². The van der Waals surface area contributed by atoms with Crippen LogP contribution in [-0.2, 0) is 0 Å². The summed E-state index contributed by atoms with van der Waals surface area (Å²) in [5.41, 5.74) is 9.35. The molecular formula is C19H15FN8O3. The van der Waals surface area contributed by atoms with Crippen LogP contribution in [0.5, 0.6) is 5.75 Å². The summed E-state index contributed by atoms with van der Waals surface area (Å²) < 4.78 is 24.4. The molecule has 0 atom stereocenters. The van der Waals surface area contributed by atoms with Gasteiger partial charge in [-0.2, -0.15) is 9.78 Å². The summed E-state index contributed by atoms with van der Waals surface area (Å²) in [4.78, 5) is 12.8. The zero-order valence-electron chi connectivity index (χ0n) is 16.1. The lowest BCUT2D eigenvalue weighted by Gasteiger charge is -2.07. The molecule has 0 aliphatic heterocycles. The molecule has 0 aliphatic carbocycles. The molecule has 4 rings (SSSR count). The standard InChI is InChI=1S/C19H15FN8O3/c1-30-14-7-3-5-12(9-14)16-15(23-27-28(16)18-17(21)25-31-26-18)19(29)24-22-10-11-4-2-6-13(20)8-11/h2-10H,1H3,(H2,21,25)(H,24,29)/b22-10+. The van der Waals surface area contributed by atoms with E-state index in [-0.39, 0.29) is 23.0 Å². The Morgan fingerprint density at radius 3 is 2.84 bits per heavy atom. The Morgan fingerprint density at radius 2 is 2.10 bits per heavy atom. The van der Waals surface area contributed by atoms with Gasteiger partial charge >= 0.3 is 0 Å². The molecule has 0 spiro atoms. The SMILES string of the molecule is COc1cccc(-c2c(C(=O)N/N=C/c3cccc(F)c3)nnn2-c2nonc2N)c1. The first-order valence-electron chi connectivity index (χ1n) is 8.84. The molecule has 0 radical (unpaired) electrons. The van der Waals surface area contributed by atoms with E-state index in [1.807, 2.05) is 0 Å². The Morgan fingerprint density at radius 1 is 1.26 bits per heavy atom. The molecule has 0 aliphatic rings. The first-order chi connectivity index (χ1) is 15.1. The fourth-order valence-corrected chi connectivity index (χ4v) is 2.76. The summed E-state index contributed by atoms with van der Waals surface area (Å²) in [5, 5.41) is 19.0. The fraction of sp³-hybridized carbons (Fsp3) is 0.0526. The number of hydrogen-bond donors (Lipinski definition) is 2. The summed E-state index contributed by atoms with van der Waals surface area (Å²) in [7, 11) is 1.52. The van der Waals surface area contributed by atoms with E-state index >= 15 is 0 Å². The van der Waals surface area contributed by atoms with Crippen LogP contribution in [0.25, 0.3) is 17.1 Å². The molecule has 0 saturated carbocycles. The van der Waals surface area contributed by atoms with Crippen LogP contribution in [0.3, 0.4) is 0 Å². The molecule has 12 heteroatoms. The van der Waals surface area contributed by atoms with Crippen LogP contribution in [0.2, 0.25) is 0 Å². The molecule has 0 bridgehead atoms. The molecule has 0 fully saturated rings. The highest BCUT2D eigenvalue weighted by molar-refractivity contribution is 5.98. The van der Waals surface area contributed by atoms with Crippen molar-refractivity contribution < 1.29 is 18.6 Å². The van der Waals surface area contributed by atoms with E-state index < -0.39 is 11.7 Å². The average Bonchev–Trinajstić information content (AvgIpc) is 3.39. The summed E-state index contributed by atoms with van der Waals surface area (Å²) in [5.74, 6) is -0.506. The monoisotopic (exact) mass is 422 g/mol. The molecule has 11 nitrogen and oxygen atoms in total. The lowest BCUT2D eigenvalue weighted by atomic mass is 10.1. The Balaban J connectivity index is 1.71. The minimum absolute atomic E-state index is 0.0369. The van der Waals surface area contributed by atoms with Crippen molar-refractivity contribution in [3.05, 3.63) is 65.6 Å². The zero-order chi connectivity index (χ0) is 21.8. The van der Waals surface area contributed by atoms with Crippen molar-refractivity contribution in [3.8, 4) is 22.8 Å². The van der Waals surface area contributed by atoms with Gasteiger partial charge in [-0.1, -0.05) is 29.5 Å². The van der Waals surface area contributed by atoms with Gasteiger partial charge < -0.3 is 10.5 Å². The summed E-state index contributed by atoms with van der Waals surface area (Å²) >= 11 is 0. The molecule has 0 saturated heterocycles. The number of nitrogens with one attached hydrogen (secondary N) is 1. The van der Waals surface area contributed by atoms with Crippen molar-refractivity contribution in [3.63, 3.8) is 0 Å². The molecule has 2 aromatic heterocycles. The number of carbonyl (C=O) groups is 1. The quantitative estimate of drug-likeness (QED) is 0.353. The van der Waals surface area contributed by atoms with E-state index in [9.17, 15) is 9.18 Å². The van der Waals surface area contributed by atoms with Gasteiger partial charge in [0.05, 0.1) is 13.3 Å². The van der Waals surface area contributed by atoms with Gasteiger partial charge in [0.25, 0.3) is 5.91 Å². The van der Waals surface area contributed by atoms with Gasteiger partial charge in [-0.05, 0) is 40.1 Å². The first kappa shape index (κ1) is 19.7. The number of halogens is 1. The smallest absolute Gasteiger partial charge is 0.294 e. The molecule has 1 amide bonds. The van der Waals surface area contributed by atoms with Gasteiger partial charge in [-0.15, -0.1) is 5.10 Å². The van der Waals surface area contributed by atoms with Crippen molar-refractivity contribution in [1.82, 2.24) is 30.7 Å². The summed E-state index contributed by atoms with van der Waals surface area (Å²) in [6.45, 7) is 0. The lowest BCUT2D eigenvalue weighted by Crippen LogP contribution is -2.19. The maximum atomic E-state index is 13.3. The minimum atomic E-state index is -0.660. The highest BCUT2D eigenvalue weighted by atomic mass is 19.1. The third-order valence-electron chi connectivity index (χ3n) is 4.15. The van der Waals surface area contributed by atoms with Crippen molar-refractivity contribution in [2.45, 2.75) is 0 Å². The number of rotatable bonds is 6. The molecule has 3 N–H and O–H groups in total. The molecule has 31 heavy (non-hydrogen) atoms. The maximum absolute atomic E-state index is 13.3. The number of nitrogen functional groups attached to an aromatic ring is 1. The number of nitrogens with two attached hydrogens (primary N) is 1. The van der Waals surface area contributed by atoms with Gasteiger partial charge in [-0.25, -0.2) is 14.4 Å². The van der Waals surface area contributed by atoms with Crippen LogP contribution in [0.4, 0.5) is 10.2 Å². The second kappa shape index (κ2) is 8.41. The number of hydrazone groups is 1. The number of aromatic nitrogens is 5. The number of nitrogens with zero attached hydrogens (tertiary/aromatic N) is 6. The van der Waals surface area contributed by atoms with E-state index in [0.717, 1.165) is 0 Å². The van der Waals surface area contributed by atoms with E-state index in [2.05, 4.69) is 35.8 Å². The highest BCUT2D eigenvalue weighted by Gasteiger charge is 2.25. The zero-order valence-corrected chi connectivity index (χ0v) is 16.1. The third-order valence-corrected chi connectivity index (χ3v) is 4.15. The molecule has 2 aromatic carbocycles. The second-order valence-electron chi connectivity index (χ2n) is 6.16.